The average Bonchev–Trinajstić information content (AvgIpc) is 3.14. The molecule has 4 rings (SSSR count). The minimum absolute atomic E-state index is 0.0175. The molecule has 1 unspecified atom stereocenters. The molecule has 3 nitrogen and oxygen atoms in total. The maximum atomic E-state index is 14.1. The molecule has 8 heteroatoms. The van der Waals surface area contributed by atoms with Crippen molar-refractivity contribution >= 4 is 40.3 Å². The lowest BCUT2D eigenvalue weighted by Crippen LogP contribution is -2.24. The Kier molecular flexibility index (Phi) is 5.77. The second-order valence-electron chi connectivity index (χ2n) is 7.30. The van der Waals surface area contributed by atoms with Gasteiger partial charge in [0, 0.05) is 29.5 Å². The first-order chi connectivity index (χ1) is 14.7. The van der Waals surface area contributed by atoms with Crippen LogP contribution in [0.5, 0.6) is 0 Å². The lowest BCUT2D eigenvalue weighted by Gasteiger charge is -2.32. The predicted octanol–water partition coefficient (Wildman–Crippen LogP) is 7.46. The summed E-state index contributed by atoms with van der Waals surface area (Å²) in [5.74, 6) is -1.55. The summed E-state index contributed by atoms with van der Waals surface area (Å²) in [4.78, 5) is 5.17. The number of benzene rings is 2. The summed E-state index contributed by atoms with van der Waals surface area (Å²) < 4.78 is 41.7. The highest BCUT2D eigenvalue weighted by molar-refractivity contribution is 6.32. The molecule has 3 aromatic rings. The number of hydrogen-bond donors (Lipinski definition) is 2. The highest BCUT2D eigenvalue weighted by Gasteiger charge is 2.25. The molecule has 1 aliphatic heterocycles. The molecule has 31 heavy (non-hydrogen) atoms. The van der Waals surface area contributed by atoms with Crippen LogP contribution in [-0.2, 0) is 0 Å². The average molecular weight is 464 g/mol. The van der Waals surface area contributed by atoms with Gasteiger partial charge in [-0.3, -0.25) is 0 Å². The van der Waals surface area contributed by atoms with Crippen molar-refractivity contribution in [3.63, 3.8) is 0 Å². The van der Waals surface area contributed by atoms with Crippen molar-refractivity contribution < 1.29 is 13.2 Å². The van der Waals surface area contributed by atoms with Gasteiger partial charge in [0.05, 0.1) is 11.1 Å². The number of allylic oxidation sites excluding steroid dienone is 2. The van der Waals surface area contributed by atoms with Crippen molar-refractivity contribution in [2.45, 2.75) is 13.0 Å². The second-order valence-corrected chi connectivity index (χ2v) is 8.15. The van der Waals surface area contributed by atoms with Crippen molar-refractivity contribution in [1.82, 2.24) is 9.88 Å². The standard InChI is InChI=1S/C23H18Cl2F3N3/c1-12-15(16-4-3-14(26)11-17(16)25)7-8-31(2)23(12)20-5-6-21(29-20)30-22-18(27)9-13(24)10-19(22)28/h3-11,23,29-30H,1-2H3. The molecule has 1 atom stereocenters. The van der Waals surface area contributed by atoms with Crippen LogP contribution in [0.15, 0.2) is 60.3 Å². The van der Waals surface area contributed by atoms with Crippen LogP contribution in [-0.4, -0.2) is 16.9 Å². The van der Waals surface area contributed by atoms with Crippen LogP contribution in [0.25, 0.3) is 5.57 Å². The van der Waals surface area contributed by atoms with Crippen LogP contribution in [0.4, 0.5) is 24.7 Å². The first-order valence-corrected chi connectivity index (χ1v) is 10.2. The van der Waals surface area contributed by atoms with E-state index in [4.69, 9.17) is 23.2 Å². The number of H-pyrrole nitrogens is 1. The summed E-state index contributed by atoms with van der Waals surface area (Å²) >= 11 is 12.0. The first kappa shape index (κ1) is 21.4. The van der Waals surface area contributed by atoms with Gasteiger partial charge in [-0.15, -0.1) is 0 Å². The number of nitrogens with zero attached hydrogens (tertiary/aromatic N) is 1. The molecule has 0 fully saturated rings. The summed E-state index contributed by atoms with van der Waals surface area (Å²) in [6, 6.07) is 9.74. The monoisotopic (exact) mass is 463 g/mol. The topological polar surface area (TPSA) is 31.1 Å². The van der Waals surface area contributed by atoms with Gasteiger partial charge in [0.2, 0.25) is 0 Å². The fourth-order valence-corrected chi connectivity index (χ4v) is 4.23. The third kappa shape index (κ3) is 4.18. The molecule has 0 saturated carbocycles. The molecular formula is C23H18Cl2F3N3. The van der Waals surface area contributed by atoms with Crippen LogP contribution in [0.1, 0.15) is 24.2 Å². The van der Waals surface area contributed by atoms with Gasteiger partial charge in [0.1, 0.15) is 17.3 Å². The summed E-state index contributed by atoms with van der Waals surface area (Å²) in [5.41, 5.74) is 3.10. The first-order valence-electron chi connectivity index (χ1n) is 9.41. The highest BCUT2D eigenvalue weighted by atomic mass is 35.5. The summed E-state index contributed by atoms with van der Waals surface area (Å²) in [6.07, 6.45) is 3.82. The Bertz CT molecular complexity index is 1190. The van der Waals surface area contributed by atoms with E-state index >= 15 is 0 Å². The summed E-state index contributed by atoms with van der Waals surface area (Å²) in [6.45, 7) is 1.96. The van der Waals surface area contributed by atoms with Gasteiger partial charge in [0.25, 0.3) is 0 Å². The van der Waals surface area contributed by atoms with E-state index in [1.54, 1.807) is 12.1 Å². The molecule has 0 bridgehead atoms. The zero-order chi connectivity index (χ0) is 22.3. The lowest BCUT2D eigenvalue weighted by atomic mass is 9.91. The molecule has 2 aromatic carbocycles. The van der Waals surface area contributed by atoms with Crippen molar-refractivity contribution in [3.05, 3.63) is 99.1 Å². The van der Waals surface area contributed by atoms with E-state index in [2.05, 4.69) is 10.3 Å². The number of aromatic nitrogens is 1. The number of nitrogens with one attached hydrogen (secondary N) is 2. The van der Waals surface area contributed by atoms with Gasteiger partial charge < -0.3 is 15.2 Å². The predicted molar refractivity (Wildman–Crippen MR) is 119 cm³/mol. The van der Waals surface area contributed by atoms with Gasteiger partial charge in [-0.1, -0.05) is 23.2 Å². The van der Waals surface area contributed by atoms with E-state index in [1.165, 1.54) is 12.1 Å². The third-order valence-corrected chi connectivity index (χ3v) is 5.74. The smallest absolute Gasteiger partial charge is 0.151 e. The van der Waals surface area contributed by atoms with E-state index in [0.29, 0.717) is 10.8 Å². The maximum Gasteiger partial charge on any atom is 0.151 e. The Morgan fingerprint density at radius 1 is 1.00 bits per heavy atom. The molecule has 1 aromatic heterocycles. The van der Waals surface area contributed by atoms with Gasteiger partial charge in [-0.2, -0.15) is 0 Å². The third-order valence-electron chi connectivity index (χ3n) is 5.21. The zero-order valence-electron chi connectivity index (χ0n) is 16.6. The normalized spacial score (nSPS) is 16.2. The molecule has 0 saturated heterocycles. The second kappa shape index (κ2) is 8.36. The van der Waals surface area contributed by atoms with Crippen LogP contribution in [0.3, 0.4) is 0 Å². The number of halogens is 5. The molecule has 2 N–H and O–H groups in total. The van der Waals surface area contributed by atoms with Gasteiger partial charge in [-0.25, -0.2) is 13.2 Å². The number of hydrogen-bond acceptors (Lipinski definition) is 2. The SMILES string of the molecule is CC1=C(c2ccc(F)cc2Cl)C=CN(C)C1c1ccc(Nc2c(F)cc(Cl)cc2F)[nH]1. The van der Waals surface area contributed by atoms with E-state index in [9.17, 15) is 13.2 Å². The Balaban J connectivity index is 1.67. The molecule has 1 aliphatic rings. The van der Waals surface area contributed by atoms with Crippen LogP contribution in [0.2, 0.25) is 10.0 Å². The molecule has 0 spiro atoms. The van der Waals surface area contributed by atoms with Crippen molar-refractivity contribution in [2.24, 2.45) is 0 Å². The fraction of sp³-hybridized carbons (Fsp3) is 0.130. The van der Waals surface area contributed by atoms with E-state index in [1.807, 2.05) is 37.2 Å². The Morgan fingerprint density at radius 2 is 1.71 bits per heavy atom. The number of aromatic amines is 1. The molecular weight excluding hydrogens is 446 g/mol. The van der Waals surface area contributed by atoms with E-state index in [0.717, 1.165) is 34.5 Å². The Hall–Kier alpha value is -2.83. The number of likely N-dealkylation sites (N-methyl/N-ethyl adjacent to an activating group) is 1. The van der Waals surface area contributed by atoms with Crippen molar-refractivity contribution in [2.75, 3.05) is 12.4 Å². The van der Waals surface area contributed by atoms with Crippen LogP contribution < -0.4 is 5.32 Å². The highest BCUT2D eigenvalue weighted by Crippen LogP contribution is 2.39. The maximum absolute atomic E-state index is 14.1. The molecule has 160 valence electrons. The van der Waals surface area contributed by atoms with Crippen molar-refractivity contribution in [1.29, 1.82) is 0 Å². The Morgan fingerprint density at radius 3 is 2.39 bits per heavy atom. The van der Waals surface area contributed by atoms with Crippen molar-refractivity contribution in [3.8, 4) is 0 Å². The van der Waals surface area contributed by atoms with E-state index < -0.39 is 17.5 Å². The molecule has 0 amide bonds. The molecule has 2 heterocycles. The Labute approximate surface area is 187 Å². The molecule has 0 aliphatic carbocycles. The van der Waals surface area contributed by atoms with Crippen LogP contribution >= 0.6 is 23.2 Å². The van der Waals surface area contributed by atoms with Crippen LogP contribution in [0, 0.1) is 17.5 Å². The quantitative estimate of drug-likeness (QED) is 0.420. The molecule has 0 radical (unpaired) electrons. The minimum atomic E-state index is -0.789. The number of anilines is 2. The van der Waals surface area contributed by atoms with E-state index in [-0.39, 0.29) is 16.8 Å². The largest absolute Gasteiger partial charge is 0.368 e. The van der Waals surface area contributed by atoms with Gasteiger partial charge in [0.15, 0.2) is 11.6 Å². The summed E-state index contributed by atoms with van der Waals surface area (Å²) in [7, 11) is 1.92. The minimum Gasteiger partial charge on any atom is -0.368 e. The van der Waals surface area contributed by atoms with Gasteiger partial charge >= 0.3 is 0 Å². The fourth-order valence-electron chi connectivity index (χ4n) is 3.77. The summed E-state index contributed by atoms with van der Waals surface area (Å²) in [5, 5.41) is 3.04. The number of rotatable bonds is 4. The van der Waals surface area contributed by atoms with Gasteiger partial charge in [-0.05, 0) is 66.6 Å². The zero-order valence-corrected chi connectivity index (χ0v) is 18.1. The lowest BCUT2D eigenvalue weighted by molar-refractivity contribution is 0.369.